The average Bonchev–Trinajstić information content (AvgIpc) is 2.48. The largest absolute Gasteiger partial charge is 0.460 e. The smallest absolute Gasteiger partial charge is 0.310 e. The predicted octanol–water partition coefficient (Wildman–Crippen LogP) is 2.40. The molecular weight excluding hydrogens is 192 g/mol. The summed E-state index contributed by atoms with van der Waals surface area (Å²) in [6.45, 7) is 5.53. The highest BCUT2D eigenvalue weighted by Gasteiger charge is 2.21. The molecule has 0 saturated heterocycles. The van der Waals surface area contributed by atoms with Crippen LogP contribution in [0.3, 0.4) is 0 Å². The van der Waals surface area contributed by atoms with Gasteiger partial charge in [-0.3, -0.25) is 9.59 Å². The van der Waals surface area contributed by atoms with E-state index in [0.29, 0.717) is 0 Å². The van der Waals surface area contributed by atoms with Gasteiger partial charge in [-0.25, -0.2) is 0 Å². The molecule has 0 bridgehead atoms. The first-order chi connectivity index (χ1) is 6.92. The fourth-order valence-corrected chi connectivity index (χ4v) is 1.73. The van der Waals surface area contributed by atoms with Gasteiger partial charge in [0.25, 0.3) is 0 Å². The molecule has 0 N–H and O–H groups in total. The topological polar surface area (TPSA) is 43.4 Å². The Kier molecular flexibility index (Phi) is 3.66. The molecule has 0 amide bonds. The van der Waals surface area contributed by atoms with E-state index in [9.17, 15) is 9.59 Å². The molecule has 3 heteroatoms. The highest BCUT2D eigenvalue weighted by atomic mass is 16.6. The van der Waals surface area contributed by atoms with Crippen LogP contribution in [0.4, 0.5) is 0 Å². The van der Waals surface area contributed by atoms with E-state index in [0.717, 1.165) is 36.7 Å². The Bertz CT molecular complexity index is 294. The zero-order valence-electron chi connectivity index (χ0n) is 9.63. The lowest BCUT2D eigenvalue weighted by atomic mass is 10.1. The van der Waals surface area contributed by atoms with Gasteiger partial charge >= 0.3 is 5.97 Å². The molecular formula is C12H18O3. The molecule has 84 valence electrons. The van der Waals surface area contributed by atoms with Crippen molar-refractivity contribution in [2.75, 3.05) is 0 Å². The van der Waals surface area contributed by atoms with Crippen molar-refractivity contribution in [3.63, 3.8) is 0 Å². The zero-order chi connectivity index (χ0) is 11.5. The second-order valence-electron chi connectivity index (χ2n) is 4.86. The van der Waals surface area contributed by atoms with Crippen LogP contribution >= 0.6 is 0 Å². The summed E-state index contributed by atoms with van der Waals surface area (Å²) < 4.78 is 5.20. The summed E-state index contributed by atoms with van der Waals surface area (Å²) in [5.74, 6) is -0.237. The third-order valence-corrected chi connectivity index (χ3v) is 2.30. The Hall–Kier alpha value is -1.12. The van der Waals surface area contributed by atoms with Gasteiger partial charge < -0.3 is 4.74 Å². The maximum absolute atomic E-state index is 11.5. The lowest BCUT2D eigenvalue weighted by Gasteiger charge is -2.19. The van der Waals surface area contributed by atoms with Gasteiger partial charge in [-0.05, 0) is 45.6 Å². The summed E-state index contributed by atoms with van der Waals surface area (Å²) in [5, 5.41) is 0. The van der Waals surface area contributed by atoms with Crippen LogP contribution in [0.2, 0.25) is 0 Å². The Morgan fingerprint density at radius 3 is 2.60 bits per heavy atom. The van der Waals surface area contributed by atoms with Gasteiger partial charge in [-0.2, -0.15) is 0 Å². The van der Waals surface area contributed by atoms with Crippen molar-refractivity contribution in [2.45, 2.75) is 52.1 Å². The predicted molar refractivity (Wildman–Crippen MR) is 57.4 cm³/mol. The number of allylic oxidation sites excluding steroid dienone is 1. The van der Waals surface area contributed by atoms with Gasteiger partial charge in [-0.15, -0.1) is 0 Å². The fourth-order valence-electron chi connectivity index (χ4n) is 1.73. The van der Waals surface area contributed by atoms with Crippen molar-refractivity contribution in [3.05, 3.63) is 11.1 Å². The molecule has 0 atom stereocenters. The molecule has 3 nitrogen and oxygen atoms in total. The Morgan fingerprint density at radius 1 is 1.40 bits per heavy atom. The molecule has 0 aromatic rings. The van der Waals surface area contributed by atoms with Crippen LogP contribution in [0.5, 0.6) is 0 Å². The van der Waals surface area contributed by atoms with E-state index in [1.807, 2.05) is 20.8 Å². The Balaban J connectivity index is 2.55. The maximum Gasteiger partial charge on any atom is 0.310 e. The zero-order valence-corrected chi connectivity index (χ0v) is 9.63. The molecule has 0 fully saturated rings. The van der Waals surface area contributed by atoms with Crippen LogP contribution in [-0.2, 0) is 14.3 Å². The van der Waals surface area contributed by atoms with Crippen molar-refractivity contribution in [1.82, 2.24) is 0 Å². The van der Waals surface area contributed by atoms with Gasteiger partial charge in [0.05, 0.1) is 6.42 Å². The van der Waals surface area contributed by atoms with Crippen LogP contribution in [-0.4, -0.2) is 17.9 Å². The van der Waals surface area contributed by atoms with Crippen molar-refractivity contribution < 1.29 is 14.3 Å². The van der Waals surface area contributed by atoms with Crippen LogP contribution < -0.4 is 0 Å². The first-order valence-electron chi connectivity index (χ1n) is 5.30. The molecule has 0 unspecified atom stereocenters. The molecule has 0 saturated carbocycles. The van der Waals surface area contributed by atoms with E-state index < -0.39 is 5.60 Å². The Labute approximate surface area is 90.5 Å². The number of esters is 1. The van der Waals surface area contributed by atoms with Crippen LogP contribution in [0.25, 0.3) is 0 Å². The van der Waals surface area contributed by atoms with Gasteiger partial charge in [0, 0.05) is 0 Å². The maximum atomic E-state index is 11.5. The van der Waals surface area contributed by atoms with Crippen molar-refractivity contribution in [2.24, 2.45) is 0 Å². The van der Waals surface area contributed by atoms with E-state index in [1.165, 1.54) is 0 Å². The van der Waals surface area contributed by atoms with Crippen LogP contribution in [0.1, 0.15) is 46.5 Å². The number of hydrogen-bond donors (Lipinski definition) is 0. The summed E-state index contributed by atoms with van der Waals surface area (Å²) in [6.07, 6.45) is 3.78. The number of carbonyl (C=O) groups is 2. The van der Waals surface area contributed by atoms with Crippen molar-refractivity contribution >= 4 is 12.3 Å². The van der Waals surface area contributed by atoms with Crippen LogP contribution in [0.15, 0.2) is 11.1 Å². The van der Waals surface area contributed by atoms with Crippen molar-refractivity contribution in [3.8, 4) is 0 Å². The summed E-state index contributed by atoms with van der Waals surface area (Å²) >= 11 is 0. The second-order valence-corrected chi connectivity index (χ2v) is 4.86. The van der Waals surface area contributed by atoms with Crippen LogP contribution in [0, 0.1) is 0 Å². The fraction of sp³-hybridized carbons (Fsp3) is 0.667. The second kappa shape index (κ2) is 4.60. The number of carbonyl (C=O) groups excluding carboxylic acids is 2. The molecule has 0 radical (unpaired) electrons. The molecule has 1 aliphatic carbocycles. The van der Waals surface area contributed by atoms with Gasteiger partial charge in [0.15, 0.2) is 0 Å². The molecule has 0 aromatic carbocycles. The SMILES string of the molecule is CC(C)(C)OC(=O)CC1=C(C=O)CCC1. The van der Waals surface area contributed by atoms with Gasteiger partial charge in [0.2, 0.25) is 0 Å². The minimum Gasteiger partial charge on any atom is -0.460 e. The first kappa shape index (κ1) is 12.0. The van der Waals surface area contributed by atoms with E-state index in [1.54, 1.807) is 0 Å². The first-order valence-corrected chi connectivity index (χ1v) is 5.30. The lowest BCUT2D eigenvalue weighted by Crippen LogP contribution is -2.24. The lowest BCUT2D eigenvalue weighted by molar-refractivity contribution is -0.153. The minimum atomic E-state index is -0.447. The van der Waals surface area contributed by atoms with E-state index in [2.05, 4.69) is 0 Å². The van der Waals surface area contributed by atoms with E-state index in [-0.39, 0.29) is 12.4 Å². The summed E-state index contributed by atoms with van der Waals surface area (Å²) in [7, 11) is 0. The molecule has 15 heavy (non-hydrogen) atoms. The van der Waals surface area contributed by atoms with Gasteiger partial charge in [0.1, 0.15) is 11.9 Å². The number of aldehydes is 1. The minimum absolute atomic E-state index is 0.237. The molecule has 0 spiro atoms. The molecule has 1 rings (SSSR count). The third-order valence-electron chi connectivity index (χ3n) is 2.30. The van der Waals surface area contributed by atoms with E-state index >= 15 is 0 Å². The molecule has 0 aromatic heterocycles. The van der Waals surface area contributed by atoms with E-state index in [4.69, 9.17) is 4.74 Å². The summed E-state index contributed by atoms with van der Waals surface area (Å²) in [4.78, 5) is 22.2. The number of hydrogen-bond acceptors (Lipinski definition) is 3. The Morgan fingerprint density at radius 2 is 2.07 bits per heavy atom. The normalized spacial score (nSPS) is 16.7. The van der Waals surface area contributed by atoms with Gasteiger partial charge in [-0.1, -0.05) is 5.57 Å². The monoisotopic (exact) mass is 210 g/mol. The molecule has 1 aliphatic rings. The summed E-state index contributed by atoms with van der Waals surface area (Å²) in [5.41, 5.74) is 1.30. The van der Waals surface area contributed by atoms with Crippen molar-refractivity contribution in [1.29, 1.82) is 0 Å². The highest BCUT2D eigenvalue weighted by Crippen LogP contribution is 2.27. The summed E-state index contributed by atoms with van der Waals surface area (Å²) in [6, 6.07) is 0. The average molecular weight is 210 g/mol. The quantitative estimate of drug-likeness (QED) is 0.530. The molecule has 0 aliphatic heterocycles. The third kappa shape index (κ3) is 3.86. The molecule has 0 heterocycles. The standard InChI is InChI=1S/C12H18O3/c1-12(2,3)15-11(14)7-9-5-4-6-10(9)8-13/h8H,4-7H2,1-3H3. The number of ether oxygens (including phenoxy) is 1. The highest BCUT2D eigenvalue weighted by molar-refractivity contribution is 5.80. The number of rotatable bonds is 3.